The largest absolute Gasteiger partial charge is 0.326 e. The molecule has 0 radical (unpaired) electrons. The van der Waals surface area contributed by atoms with E-state index in [1.165, 1.54) is 12.8 Å². The van der Waals surface area contributed by atoms with Crippen molar-refractivity contribution in [1.29, 1.82) is 0 Å². The molecule has 0 bridgehead atoms. The third-order valence-corrected chi connectivity index (χ3v) is 3.60. The zero-order chi connectivity index (χ0) is 10.3. The van der Waals surface area contributed by atoms with E-state index in [0.29, 0.717) is 11.5 Å². The lowest BCUT2D eigenvalue weighted by molar-refractivity contribution is -0.130. The summed E-state index contributed by atoms with van der Waals surface area (Å²) in [6.07, 6.45) is 3.58. The summed E-state index contributed by atoms with van der Waals surface area (Å²) in [6, 6.07) is 0.508. The molecule has 2 atom stereocenters. The van der Waals surface area contributed by atoms with Crippen LogP contribution in [0.3, 0.4) is 0 Å². The van der Waals surface area contributed by atoms with Gasteiger partial charge in [-0.05, 0) is 31.6 Å². The Bertz CT molecular complexity index is 250. The molecule has 2 unspecified atom stereocenters. The highest BCUT2D eigenvalue weighted by Crippen LogP contribution is 2.39. The van der Waals surface area contributed by atoms with E-state index < -0.39 is 0 Å². The van der Waals surface area contributed by atoms with Gasteiger partial charge < -0.3 is 4.90 Å². The summed E-state index contributed by atoms with van der Waals surface area (Å²) in [7, 11) is 0. The first-order valence-electron chi connectivity index (χ1n) is 5.53. The third-order valence-electron chi connectivity index (χ3n) is 3.60. The van der Waals surface area contributed by atoms with Gasteiger partial charge in [0.1, 0.15) is 0 Å². The fourth-order valence-electron chi connectivity index (χ4n) is 2.62. The molecule has 80 valence electrons. The van der Waals surface area contributed by atoms with Crippen molar-refractivity contribution in [3.63, 3.8) is 0 Å². The second kappa shape index (κ2) is 3.23. The van der Waals surface area contributed by atoms with Gasteiger partial charge in [0.05, 0.1) is 12.7 Å². The molecule has 0 spiro atoms. The standard InChI is InChI=1S/C11H20N2O/c1-8-10(14)13(7-12-8)9-4-5-11(2,3)6-9/h8-9,12H,4-7H2,1-3H3. The smallest absolute Gasteiger partial charge is 0.240 e. The van der Waals surface area contributed by atoms with E-state index in [1.54, 1.807) is 0 Å². The number of rotatable bonds is 1. The van der Waals surface area contributed by atoms with Crippen LogP contribution in [0.5, 0.6) is 0 Å². The van der Waals surface area contributed by atoms with Crippen LogP contribution < -0.4 is 5.32 Å². The SMILES string of the molecule is CC1NCN(C2CCC(C)(C)C2)C1=O. The van der Waals surface area contributed by atoms with E-state index in [9.17, 15) is 4.79 Å². The van der Waals surface area contributed by atoms with E-state index in [2.05, 4.69) is 19.2 Å². The minimum absolute atomic E-state index is 0.0266. The van der Waals surface area contributed by atoms with Crippen LogP contribution in [0, 0.1) is 5.41 Å². The van der Waals surface area contributed by atoms with Gasteiger partial charge in [-0.2, -0.15) is 0 Å². The Balaban J connectivity index is 2.01. The highest BCUT2D eigenvalue weighted by molar-refractivity contribution is 5.83. The Kier molecular flexibility index (Phi) is 2.30. The predicted octanol–water partition coefficient (Wildman–Crippen LogP) is 1.34. The highest BCUT2D eigenvalue weighted by Gasteiger charge is 2.39. The van der Waals surface area contributed by atoms with Crippen LogP contribution in [0.25, 0.3) is 0 Å². The fourth-order valence-corrected chi connectivity index (χ4v) is 2.62. The molecule has 3 heteroatoms. The zero-order valence-corrected chi connectivity index (χ0v) is 9.34. The third kappa shape index (κ3) is 1.65. The molecule has 14 heavy (non-hydrogen) atoms. The molecule has 1 N–H and O–H groups in total. The molecule has 2 fully saturated rings. The summed E-state index contributed by atoms with van der Waals surface area (Å²) in [4.78, 5) is 13.8. The first kappa shape index (κ1) is 9.97. The first-order chi connectivity index (χ1) is 6.49. The average molecular weight is 196 g/mol. The molecule has 1 aliphatic heterocycles. The number of hydrogen-bond donors (Lipinski definition) is 1. The summed E-state index contributed by atoms with van der Waals surface area (Å²) in [6.45, 7) is 7.29. The van der Waals surface area contributed by atoms with Crippen LogP contribution in [0.15, 0.2) is 0 Å². The van der Waals surface area contributed by atoms with E-state index in [4.69, 9.17) is 0 Å². The number of carbonyl (C=O) groups excluding carboxylic acids is 1. The molecule has 1 saturated heterocycles. The van der Waals surface area contributed by atoms with Crippen LogP contribution in [0.4, 0.5) is 0 Å². The van der Waals surface area contributed by atoms with Crippen LogP contribution in [0.2, 0.25) is 0 Å². The lowest BCUT2D eigenvalue weighted by Gasteiger charge is -2.25. The van der Waals surface area contributed by atoms with Gasteiger partial charge in [0, 0.05) is 6.04 Å². The number of nitrogens with one attached hydrogen (secondary N) is 1. The Labute approximate surface area is 85.8 Å². The van der Waals surface area contributed by atoms with Crippen molar-refractivity contribution in [3.8, 4) is 0 Å². The predicted molar refractivity (Wildman–Crippen MR) is 55.7 cm³/mol. The van der Waals surface area contributed by atoms with Crippen molar-refractivity contribution in [3.05, 3.63) is 0 Å². The molecule has 2 aliphatic rings. The van der Waals surface area contributed by atoms with Gasteiger partial charge in [0.2, 0.25) is 5.91 Å². The Hall–Kier alpha value is -0.570. The van der Waals surface area contributed by atoms with Gasteiger partial charge in [0.15, 0.2) is 0 Å². The summed E-state index contributed by atoms with van der Waals surface area (Å²) in [5, 5.41) is 3.20. The number of nitrogens with zero attached hydrogens (tertiary/aromatic N) is 1. The zero-order valence-electron chi connectivity index (χ0n) is 9.34. The molecule has 0 aromatic heterocycles. The number of hydrogen-bond acceptors (Lipinski definition) is 2. The van der Waals surface area contributed by atoms with Gasteiger partial charge in [-0.25, -0.2) is 0 Å². The summed E-state index contributed by atoms with van der Waals surface area (Å²) >= 11 is 0. The van der Waals surface area contributed by atoms with Crippen molar-refractivity contribution < 1.29 is 4.79 Å². The van der Waals surface area contributed by atoms with Crippen LogP contribution in [-0.2, 0) is 4.79 Å². The van der Waals surface area contributed by atoms with Gasteiger partial charge >= 0.3 is 0 Å². The van der Waals surface area contributed by atoms with Crippen LogP contribution in [-0.4, -0.2) is 29.6 Å². The molecule has 0 aromatic carbocycles. The number of carbonyl (C=O) groups is 1. The minimum Gasteiger partial charge on any atom is -0.326 e. The van der Waals surface area contributed by atoms with E-state index >= 15 is 0 Å². The lowest BCUT2D eigenvalue weighted by Crippen LogP contribution is -2.37. The molecule has 2 rings (SSSR count). The van der Waals surface area contributed by atoms with Crippen LogP contribution in [0.1, 0.15) is 40.0 Å². The van der Waals surface area contributed by atoms with Crippen molar-refractivity contribution in [1.82, 2.24) is 10.2 Å². The van der Waals surface area contributed by atoms with Crippen LogP contribution >= 0.6 is 0 Å². The fraction of sp³-hybridized carbons (Fsp3) is 0.909. The van der Waals surface area contributed by atoms with Gasteiger partial charge in [-0.3, -0.25) is 10.1 Å². The molecular weight excluding hydrogens is 176 g/mol. The van der Waals surface area contributed by atoms with Gasteiger partial charge in [-0.15, -0.1) is 0 Å². The monoisotopic (exact) mass is 196 g/mol. The Morgan fingerprint density at radius 1 is 1.50 bits per heavy atom. The van der Waals surface area contributed by atoms with Crippen molar-refractivity contribution in [2.75, 3.05) is 6.67 Å². The molecule has 1 amide bonds. The molecule has 0 aromatic rings. The lowest BCUT2D eigenvalue weighted by atomic mass is 9.91. The molecule has 3 nitrogen and oxygen atoms in total. The van der Waals surface area contributed by atoms with Gasteiger partial charge in [0.25, 0.3) is 0 Å². The van der Waals surface area contributed by atoms with E-state index in [0.717, 1.165) is 13.1 Å². The topological polar surface area (TPSA) is 32.3 Å². The minimum atomic E-state index is 0.0266. The summed E-state index contributed by atoms with van der Waals surface area (Å²) in [5.41, 5.74) is 0.427. The molecule has 1 saturated carbocycles. The molecular formula is C11H20N2O. The number of amides is 1. The highest BCUT2D eigenvalue weighted by atomic mass is 16.2. The van der Waals surface area contributed by atoms with E-state index in [-0.39, 0.29) is 11.9 Å². The molecule has 1 aliphatic carbocycles. The van der Waals surface area contributed by atoms with E-state index in [1.807, 2.05) is 11.8 Å². The summed E-state index contributed by atoms with van der Waals surface area (Å²) < 4.78 is 0. The average Bonchev–Trinajstić information content (AvgIpc) is 2.59. The summed E-state index contributed by atoms with van der Waals surface area (Å²) in [5.74, 6) is 0.285. The maximum Gasteiger partial charge on any atom is 0.240 e. The Morgan fingerprint density at radius 3 is 2.64 bits per heavy atom. The second-order valence-electron chi connectivity index (χ2n) is 5.45. The Morgan fingerprint density at radius 2 is 2.21 bits per heavy atom. The maximum absolute atomic E-state index is 11.8. The van der Waals surface area contributed by atoms with Crippen molar-refractivity contribution in [2.24, 2.45) is 5.41 Å². The van der Waals surface area contributed by atoms with Crippen molar-refractivity contribution in [2.45, 2.75) is 52.1 Å². The quantitative estimate of drug-likeness (QED) is 0.686. The van der Waals surface area contributed by atoms with Crippen molar-refractivity contribution >= 4 is 5.91 Å². The molecule has 1 heterocycles. The maximum atomic E-state index is 11.8. The second-order valence-corrected chi connectivity index (χ2v) is 5.45. The first-order valence-corrected chi connectivity index (χ1v) is 5.53. The van der Waals surface area contributed by atoms with Gasteiger partial charge in [-0.1, -0.05) is 13.8 Å². The normalized spacial score (nSPS) is 36.8.